The molecule has 4 rings (SSSR count). The van der Waals surface area contributed by atoms with Crippen molar-refractivity contribution in [2.45, 2.75) is 13.3 Å². The van der Waals surface area contributed by atoms with Gasteiger partial charge in [0.1, 0.15) is 17.3 Å². The van der Waals surface area contributed by atoms with E-state index in [2.05, 4.69) is 20.4 Å². The van der Waals surface area contributed by atoms with Crippen molar-refractivity contribution in [2.75, 3.05) is 11.9 Å². The van der Waals surface area contributed by atoms with E-state index >= 15 is 0 Å². The standard InChI is InChI=1S/C21H17Cl2N5O3S/c1-2-13-9-19(29)26-21(24-13)28-18(10-15(27-28)17-4-3-7-32-17)25-20(30)11-31-16-6-5-12(22)8-14(16)23/h3-10H,2,11H2,1H3,(H,25,30)(H,24,26,29). The number of aryl methyl sites for hydroxylation is 1. The van der Waals surface area contributed by atoms with Gasteiger partial charge in [0.2, 0.25) is 5.95 Å². The highest BCUT2D eigenvalue weighted by atomic mass is 35.5. The summed E-state index contributed by atoms with van der Waals surface area (Å²) in [5, 5.41) is 9.99. The van der Waals surface area contributed by atoms with Crippen LogP contribution in [0, 0.1) is 0 Å². The van der Waals surface area contributed by atoms with Gasteiger partial charge >= 0.3 is 0 Å². The summed E-state index contributed by atoms with van der Waals surface area (Å²) in [6.45, 7) is 1.60. The third-order valence-corrected chi connectivity index (χ3v) is 5.77. The zero-order valence-electron chi connectivity index (χ0n) is 16.8. The minimum atomic E-state index is -0.441. The Balaban J connectivity index is 1.61. The molecular weight excluding hydrogens is 473 g/mol. The Morgan fingerprint density at radius 1 is 1.25 bits per heavy atom. The number of nitrogens with one attached hydrogen (secondary N) is 2. The number of amides is 1. The molecule has 0 spiro atoms. The molecule has 3 heterocycles. The van der Waals surface area contributed by atoms with Crippen molar-refractivity contribution >= 4 is 46.3 Å². The number of hydrogen-bond acceptors (Lipinski definition) is 6. The van der Waals surface area contributed by atoms with Gasteiger partial charge in [-0.05, 0) is 36.1 Å². The summed E-state index contributed by atoms with van der Waals surface area (Å²) >= 11 is 13.5. The number of aromatic amines is 1. The minimum absolute atomic E-state index is 0.203. The highest BCUT2D eigenvalue weighted by Crippen LogP contribution is 2.29. The number of anilines is 1. The summed E-state index contributed by atoms with van der Waals surface area (Å²) in [4.78, 5) is 32.7. The molecule has 1 amide bonds. The monoisotopic (exact) mass is 489 g/mol. The van der Waals surface area contributed by atoms with E-state index in [0.717, 1.165) is 4.88 Å². The van der Waals surface area contributed by atoms with Gasteiger partial charge in [-0.3, -0.25) is 14.6 Å². The van der Waals surface area contributed by atoms with Crippen LogP contribution in [0.4, 0.5) is 5.82 Å². The van der Waals surface area contributed by atoms with Crippen LogP contribution in [0.15, 0.2) is 52.6 Å². The van der Waals surface area contributed by atoms with Gasteiger partial charge in [-0.15, -0.1) is 11.3 Å². The molecule has 0 aliphatic rings. The lowest BCUT2D eigenvalue weighted by Gasteiger charge is -2.10. The van der Waals surface area contributed by atoms with Crippen molar-refractivity contribution in [3.8, 4) is 22.3 Å². The van der Waals surface area contributed by atoms with Crippen molar-refractivity contribution in [2.24, 2.45) is 0 Å². The molecule has 3 aromatic heterocycles. The molecule has 0 aliphatic heterocycles. The fourth-order valence-corrected chi connectivity index (χ4v) is 4.01. The quantitative estimate of drug-likeness (QED) is 0.395. The third kappa shape index (κ3) is 5.01. The lowest BCUT2D eigenvalue weighted by Crippen LogP contribution is -2.23. The van der Waals surface area contributed by atoms with Gasteiger partial charge in [-0.25, -0.2) is 4.98 Å². The molecule has 8 nitrogen and oxygen atoms in total. The maximum atomic E-state index is 12.6. The minimum Gasteiger partial charge on any atom is -0.482 e. The molecule has 0 saturated heterocycles. The summed E-state index contributed by atoms with van der Waals surface area (Å²) in [6.07, 6.45) is 0.577. The zero-order chi connectivity index (χ0) is 22.7. The fourth-order valence-electron chi connectivity index (χ4n) is 2.87. The maximum absolute atomic E-state index is 12.6. The number of aromatic nitrogens is 4. The van der Waals surface area contributed by atoms with Crippen LogP contribution in [-0.2, 0) is 11.2 Å². The van der Waals surface area contributed by atoms with E-state index < -0.39 is 5.91 Å². The molecule has 32 heavy (non-hydrogen) atoms. The van der Waals surface area contributed by atoms with Crippen molar-refractivity contribution in [3.63, 3.8) is 0 Å². The molecule has 0 atom stereocenters. The number of thiophene rings is 1. The molecule has 0 unspecified atom stereocenters. The number of hydrogen-bond donors (Lipinski definition) is 2. The molecule has 0 saturated carbocycles. The van der Waals surface area contributed by atoms with Crippen LogP contribution < -0.4 is 15.6 Å². The van der Waals surface area contributed by atoms with Gasteiger partial charge < -0.3 is 10.1 Å². The van der Waals surface area contributed by atoms with E-state index in [1.165, 1.54) is 28.2 Å². The van der Waals surface area contributed by atoms with Crippen LogP contribution in [0.2, 0.25) is 10.0 Å². The first-order valence-corrected chi connectivity index (χ1v) is 11.2. The van der Waals surface area contributed by atoms with E-state index in [9.17, 15) is 9.59 Å². The zero-order valence-corrected chi connectivity index (χ0v) is 19.1. The SMILES string of the molecule is CCc1cc(=O)[nH]c(-n2nc(-c3cccs3)cc2NC(=O)COc2ccc(Cl)cc2Cl)n1. The van der Waals surface area contributed by atoms with Crippen molar-refractivity contribution in [1.82, 2.24) is 19.7 Å². The molecule has 0 bridgehead atoms. The Hall–Kier alpha value is -3.14. The first kappa shape index (κ1) is 22.1. The summed E-state index contributed by atoms with van der Waals surface area (Å²) < 4.78 is 6.89. The lowest BCUT2D eigenvalue weighted by molar-refractivity contribution is -0.118. The van der Waals surface area contributed by atoms with Crippen molar-refractivity contribution in [3.05, 3.63) is 73.9 Å². The van der Waals surface area contributed by atoms with E-state index in [-0.39, 0.29) is 18.1 Å². The van der Waals surface area contributed by atoms with E-state index in [4.69, 9.17) is 27.9 Å². The lowest BCUT2D eigenvalue weighted by atomic mass is 10.3. The molecule has 4 aromatic rings. The Kier molecular flexibility index (Phi) is 6.59. The summed E-state index contributed by atoms with van der Waals surface area (Å²) in [5.74, 6) is 0.430. The smallest absolute Gasteiger partial charge is 0.263 e. The first-order valence-electron chi connectivity index (χ1n) is 9.55. The molecule has 0 radical (unpaired) electrons. The number of ether oxygens (including phenoxy) is 1. The number of carbonyl (C=O) groups excluding carboxylic acids is 1. The highest BCUT2D eigenvalue weighted by Gasteiger charge is 2.17. The van der Waals surface area contributed by atoms with Gasteiger partial charge in [0.15, 0.2) is 6.61 Å². The number of rotatable bonds is 7. The number of benzene rings is 1. The van der Waals surface area contributed by atoms with Gasteiger partial charge in [-0.1, -0.05) is 36.2 Å². The third-order valence-electron chi connectivity index (χ3n) is 4.35. The number of nitrogens with zero attached hydrogens (tertiary/aromatic N) is 3. The number of carbonyl (C=O) groups is 1. The van der Waals surface area contributed by atoms with E-state index in [1.807, 2.05) is 24.4 Å². The van der Waals surface area contributed by atoms with Gasteiger partial charge in [0.25, 0.3) is 11.5 Å². The molecule has 11 heteroatoms. The van der Waals surface area contributed by atoms with Gasteiger partial charge in [0, 0.05) is 22.8 Å². The van der Waals surface area contributed by atoms with Gasteiger partial charge in [0.05, 0.1) is 9.90 Å². The van der Waals surface area contributed by atoms with Crippen LogP contribution in [0.25, 0.3) is 16.5 Å². The second-order valence-electron chi connectivity index (χ2n) is 6.63. The second kappa shape index (κ2) is 9.56. The Morgan fingerprint density at radius 3 is 2.81 bits per heavy atom. The van der Waals surface area contributed by atoms with Crippen LogP contribution in [0.3, 0.4) is 0 Å². The Labute approximate surface area is 196 Å². The van der Waals surface area contributed by atoms with Crippen molar-refractivity contribution in [1.29, 1.82) is 0 Å². The van der Waals surface area contributed by atoms with Crippen LogP contribution >= 0.6 is 34.5 Å². The molecule has 1 aromatic carbocycles. The Morgan fingerprint density at radius 2 is 2.09 bits per heavy atom. The van der Waals surface area contributed by atoms with Gasteiger partial charge in [-0.2, -0.15) is 9.78 Å². The summed E-state index contributed by atoms with van der Waals surface area (Å²) in [5.41, 5.74) is 0.925. The predicted octanol–water partition coefficient (Wildman–Crippen LogP) is 4.57. The topological polar surface area (TPSA) is 102 Å². The number of H-pyrrole nitrogens is 1. The Bertz CT molecular complexity index is 1320. The molecule has 164 valence electrons. The van der Waals surface area contributed by atoms with E-state index in [1.54, 1.807) is 18.2 Å². The fraction of sp³-hybridized carbons (Fsp3) is 0.143. The highest BCUT2D eigenvalue weighted by molar-refractivity contribution is 7.13. The molecular formula is C21H17Cl2N5O3S. The molecule has 0 aliphatic carbocycles. The van der Waals surface area contributed by atoms with Crippen molar-refractivity contribution < 1.29 is 9.53 Å². The van der Waals surface area contributed by atoms with E-state index in [0.29, 0.717) is 39.4 Å². The average molecular weight is 490 g/mol. The molecule has 0 fully saturated rings. The van der Waals surface area contributed by atoms with Crippen LogP contribution in [0.5, 0.6) is 5.75 Å². The summed E-state index contributed by atoms with van der Waals surface area (Å²) in [7, 11) is 0. The normalized spacial score (nSPS) is 10.8. The van der Waals surface area contributed by atoms with Crippen LogP contribution in [0.1, 0.15) is 12.6 Å². The number of halogens is 2. The summed E-state index contributed by atoms with van der Waals surface area (Å²) in [6, 6.07) is 11.7. The first-order chi connectivity index (χ1) is 15.4. The average Bonchev–Trinajstić information content (AvgIpc) is 3.42. The largest absolute Gasteiger partial charge is 0.482 e. The van der Waals surface area contributed by atoms with Crippen LogP contribution in [-0.4, -0.2) is 32.3 Å². The predicted molar refractivity (Wildman–Crippen MR) is 125 cm³/mol. The maximum Gasteiger partial charge on any atom is 0.263 e. The molecule has 2 N–H and O–H groups in total. The second-order valence-corrected chi connectivity index (χ2v) is 8.42.